The first-order valence-corrected chi connectivity index (χ1v) is 6.97. The Morgan fingerprint density at radius 3 is 2.57 bits per heavy atom. The lowest BCUT2D eigenvalue weighted by molar-refractivity contribution is 0.0948. The highest BCUT2D eigenvalue weighted by molar-refractivity contribution is 5.97. The van der Waals surface area contributed by atoms with E-state index in [9.17, 15) is 4.79 Å². The molecule has 0 saturated carbocycles. The maximum Gasteiger partial charge on any atom is 0.268 e. The van der Waals surface area contributed by atoms with Crippen molar-refractivity contribution < 1.29 is 9.53 Å². The van der Waals surface area contributed by atoms with Gasteiger partial charge in [0.25, 0.3) is 5.91 Å². The van der Waals surface area contributed by atoms with Gasteiger partial charge in [0.05, 0.1) is 5.56 Å². The summed E-state index contributed by atoms with van der Waals surface area (Å²) in [6.07, 6.45) is 0.788. The van der Waals surface area contributed by atoms with E-state index in [-0.39, 0.29) is 5.91 Å². The molecule has 0 unspecified atom stereocenters. The van der Waals surface area contributed by atoms with Gasteiger partial charge in [-0.25, -0.2) is 5.84 Å². The summed E-state index contributed by atoms with van der Waals surface area (Å²) in [6.45, 7) is 4.41. The average molecular weight is 284 g/mol. The van der Waals surface area contributed by atoms with E-state index < -0.39 is 0 Å². The van der Waals surface area contributed by atoms with Crippen molar-refractivity contribution in [1.29, 1.82) is 0 Å². The van der Waals surface area contributed by atoms with E-state index in [4.69, 9.17) is 10.6 Å². The van der Waals surface area contributed by atoms with E-state index in [0.29, 0.717) is 17.9 Å². The number of hydrogen-bond acceptors (Lipinski definition) is 3. The smallest absolute Gasteiger partial charge is 0.268 e. The first kappa shape index (κ1) is 15.1. The van der Waals surface area contributed by atoms with E-state index in [2.05, 4.69) is 5.43 Å². The van der Waals surface area contributed by atoms with Crippen LogP contribution in [0.2, 0.25) is 0 Å². The number of nitrogens with one attached hydrogen (secondary N) is 1. The maximum atomic E-state index is 11.9. The molecule has 1 amide bonds. The molecule has 0 atom stereocenters. The van der Waals surface area contributed by atoms with Gasteiger partial charge >= 0.3 is 0 Å². The minimum absolute atomic E-state index is 0.337. The van der Waals surface area contributed by atoms with Crippen molar-refractivity contribution in [3.8, 4) is 5.75 Å². The third kappa shape index (κ3) is 3.61. The Hall–Kier alpha value is -2.33. The molecule has 0 aliphatic carbocycles. The zero-order chi connectivity index (χ0) is 15.2. The van der Waals surface area contributed by atoms with Gasteiger partial charge in [-0.15, -0.1) is 0 Å². The van der Waals surface area contributed by atoms with Crippen molar-refractivity contribution in [1.82, 2.24) is 5.43 Å². The van der Waals surface area contributed by atoms with Crippen LogP contribution < -0.4 is 16.0 Å². The molecule has 110 valence electrons. The number of amides is 1. The van der Waals surface area contributed by atoms with E-state index in [1.807, 2.05) is 50.2 Å². The predicted molar refractivity (Wildman–Crippen MR) is 83.0 cm³/mol. The fraction of sp³-hybridized carbons (Fsp3) is 0.235. The van der Waals surface area contributed by atoms with Crippen LogP contribution >= 0.6 is 0 Å². The molecule has 21 heavy (non-hydrogen) atoms. The van der Waals surface area contributed by atoms with Gasteiger partial charge in [0.1, 0.15) is 12.4 Å². The number of nitrogen functional groups attached to an aromatic ring is 1. The molecule has 2 aromatic carbocycles. The number of carbonyl (C=O) groups excluding carboxylic acids is 1. The average Bonchev–Trinajstić information content (AvgIpc) is 2.53. The number of ether oxygens (including phenoxy) is 1. The number of aryl methyl sites for hydroxylation is 2. The third-order valence-corrected chi connectivity index (χ3v) is 3.29. The van der Waals surface area contributed by atoms with Crippen molar-refractivity contribution in [3.63, 3.8) is 0 Å². The fourth-order valence-electron chi connectivity index (χ4n) is 2.26. The van der Waals surface area contributed by atoms with Gasteiger partial charge in [0, 0.05) is 0 Å². The topological polar surface area (TPSA) is 64.4 Å². The second-order valence-electron chi connectivity index (χ2n) is 4.90. The van der Waals surface area contributed by atoms with Gasteiger partial charge in [-0.1, -0.05) is 43.3 Å². The number of nitrogens with two attached hydrogens (primary N) is 1. The summed E-state index contributed by atoms with van der Waals surface area (Å²) in [4.78, 5) is 11.9. The van der Waals surface area contributed by atoms with Crippen LogP contribution in [-0.2, 0) is 13.0 Å². The van der Waals surface area contributed by atoms with E-state index in [1.54, 1.807) is 6.07 Å². The summed E-state index contributed by atoms with van der Waals surface area (Å²) in [5.74, 6) is 5.54. The highest BCUT2D eigenvalue weighted by Crippen LogP contribution is 2.27. The van der Waals surface area contributed by atoms with Gasteiger partial charge < -0.3 is 4.74 Å². The van der Waals surface area contributed by atoms with Crippen molar-refractivity contribution in [3.05, 3.63) is 64.7 Å². The fourth-order valence-corrected chi connectivity index (χ4v) is 2.26. The van der Waals surface area contributed by atoms with Crippen LogP contribution in [0.3, 0.4) is 0 Å². The second kappa shape index (κ2) is 6.90. The molecule has 0 bridgehead atoms. The summed E-state index contributed by atoms with van der Waals surface area (Å²) >= 11 is 0. The molecule has 3 N–H and O–H groups in total. The highest BCUT2D eigenvalue weighted by Gasteiger charge is 2.16. The molecule has 0 aliphatic rings. The van der Waals surface area contributed by atoms with Gasteiger partial charge in [0.2, 0.25) is 0 Å². The largest absolute Gasteiger partial charge is 0.488 e. The molecule has 4 heteroatoms. The lowest BCUT2D eigenvalue weighted by Crippen LogP contribution is -2.30. The van der Waals surface area contributed by atoms with Crippen molar-refractivity contribution in [2.24, 2.45) is 5.84 Å². The zero-order valence-corrected chi connectivity index (χ0v) is 12.3. The molecular weight excluding hydrogens is 264 g/mol. The van der Waals surface area contributed by atoms with Crippen molar-refractivity contribution in [2.75, 3.05) is 0 Å². The SMILES string of the molecule is CCc1cc(C)cc(C(=O)NN)c1OCc1ccccc1. The summed E-state index contributed by atoms with van der Waals surface area (Å²) in [6, 6.07) is 13.7. The van der Waals surface area contributed by atoms with Crippen molar-refractivity contribution >= 4 is 5.91 Å². The Labute approximate surface area is 124 Å². The van der Waals surface area contributed by atoms with Crippen LogP contribution in [0.5, 0.6) is 5.75 Å². The Morgan fingerprint density at radius 2 is 1.95 bits per heavy atom. The second-order valence-corrected chi connectivity index (χ2v) is 4.90. The zero-order valence-electron chi connectivity index (χ0n) is 12.3. The molecule has 0 radical (unpaired) electrons. The minimum Gasteiger partial charge on any atom is -0.488 e. The molecule has 2 rings (SSSR count). The predicted octanol–water partition coefficient (Wildman–Crippen LogP) is 2.74. The van der Waals surface area contributed by atoms with Crippen LogP contribution in [0.25, 0.3) is 0 Å². The highest BCUT2D eigenvalue weighted by atomic mass is 16.5. The quantitative estimate of drug-likeness (QED) is 0.504. The molecular formula is C17H20N2O2. The molecule has 0 saturated heterocycles. The van der Waals surface area contributed by atoms with Crippen LogP contribution in [0.1, 0.15) is 34.0 Å². The Kier molecular flexibility index (Phi) is 4.95. The molecule has 0 fully saturated rings. The van der Waals surface area contributed by atoms with Crippen LogP contribution in [0.15, 0.2) is 42.5 Å². The van der Waals surface area contributed by atoms with Gasteiger partial charge in [-0.05, 0) is 36.1 Å². The minimum atomic E-state index is -0.337. The number of hydrogen-bond donors (Lipinski definition) is 2. The number of benzene rings is 2. The molecule has 0 aromatic heterocycles. The summed E-state index contributed by atoms with van der Waals surface area (Å²) in [7, 11) is 0. The van der Waals surface area contributed by atoms with Crippen molar-refractivity contribution in [2.45, 2.75) is 26.9 Å². The molecule has 0 heterocycles. The van der Waals surface area contributed by atoms with E-state index >= 15 is 0 Å². The van der Waals surface area contributed by atoms with E-state index in [1.165, 1.54) is 0 Å². The molecule has 2 aromatic rings. The van der Waals surface area contributed by atoms with Crippen LogP contribution in [0.4, 0.5) is 0 Å². The Morgan fingerprint density at radius 1 is 1.24 bits per heavy atom. The first-order valence-electron chi connectivity index (χ1n) is 6.97. The van der Waals surface area contributed by atoms with Gasteiger partial charge in [0.15, 0.2) is 0 Å². The summed E-state index contributed by atoms with van der Waals surface area (Å²) < 4.78 is 5.91. The monoisotopic (exact) mass is 284 g/mol. The van der Waals surface area contributed by atoms with Crippen LogP contribution in [0, 0.1) is 6.92 Å². The maximum absolute atomic E-state index is 11.9. The summed E-state index contributed by atoms with van der Waals surface area (Å²) in [5, 5.41) is 0. The van der Waals surface area contributed by atoms with Gasteiger partial charge in [-0.3, -0.25) is 10.2 Å². The van der Waals surface area contributed by atoms with Gasteiger partial charge in [-0.2, -0.15) is 0 Å². The first-order chi connectivity index (χ1) is 10.2. The Bertz CT molecular complexity index is 624. The normalized spacial score (nSPS) is 10.2. The van der Waals surface area contributed by atoms with E-state index in [0.717, 1.165) is 23.1 Å². The Balaban J connectivity index is 2.33. The lowest BCUT2D eigenvalue weighted by atomic mass is 10.0. The molecule has 0 aliphatic heterocycles. The van der Waals surface area contributed by atoms with Crippen LogP contribution in [-0.4, -0.2) is 5.91 Å². The number of carbonyl (C=O) groups is 1. The third-order valence-electron chi connectivity index (χ3n) is 3.29. The molecule has 4 nitrogen and oxygen atoms in total. The summed E-state index contributed by atoms with van der Waals surface area (Å²) in [5.41, 5.74) is 5.73. The molecule has 0 spiro atoms. The number of rotatable bonds is 5. The lowest BCUT2D eigenvalue weighted by Gasteiger charge is -2.16. The number of hydrazine groups is 1. The standard InChI is InChI=1S/C17H20N2O2/c1-3-14-9-12(2)10-15(17(20)19-18)16(14)21-11-13-7-5-4-6-8-13/h4-10H,3,11,18H2,1-2H3,(H,19,20).